The number of urea groups is 1. The highest BCUT2D eigenvalue weighted by atomic mass is 19.4. The Kier molecular flexibility index (Phi) is 5.08. The fourth-order valence-corrected chi connectivity index (χ4v) is 2.75. The van der Waals surface area contributed by atoms with Crippen molar-refractivity contribution in [3.05, 3.63) is 41.4 Å². The van der Waals surface area contributed by atoms with Crippen molar-refractivity contribution >= 4 is 18.1 Å². The molecule has 160 valence electrons. The van der Waals surface area contributed by atoms with Crippen LogP contribution < -0.4 is 0 Å². The van der Waals surface area contributed by atoms with Crippen molar-refractivity contribution in [1.29, 1.82) is 0 Å². The van der Waals surface area contributed by atoms with Gasteiger partial charge in [0.05, 0.1) is 17.3 Å². The number of hydrogen-bond donors (Lipinski definition) is 0. The van der Waals surface area contributed by atoms with Crippen LogP contribution in [0.3, 0.4) is 0 Å². The molecule has 0 atom stereocenters. The van der Waals surface area contributed by atoms with E-state index in [9.17, 15) is 35.9 Å². The molecule has 0 spiro atoms. The highest BCUT2D eigenvalue weighted by Crippen LogP contribution is 2.38. The number of imide groups is 1. The van der Waals surface area contributed by atoms with Crippen LogP contribution in [0, 0.1) is 0 Å². The van der Waals surface area contributed by atoms with Crippen LogP contribution in [0.1, 0.15) is 18.1 Å². The van der Waals surface area contributed by atoms with Crippen molar-refractivity contribution in [2.75, 3.05) is 13.6 Å². The van der Waals surface area contributed by atoms with E-state index in [1.54, 1.807) is 6.92 Å². The molecular formula is C17H13F6N5O2. The van der Waals surface area contributed by atoms with Gasteiger partial charge in [-0.1, -0.05) is 0 Å². The second-order valence-corrected chi connectivity index (χ2v) is 6.25. The minimum absolute atomic E-state index is 0.000424. The summed E-state index contributed by atoms with van der Waals surface area (Å²) in [4.78, 5) is 29.9. The summed E-state index contributed by atoms with van der Waals surface area (Å²) in [5.41, 5.74) is -3.60. The average molecular weight is 433 g/mol. The molecule has 0 radical (unpaired) electrons. The van der Waals surface area contributed by atoms with Crippen LogP contribution in [0.25, 0.3) is 17.6 Å². The van der Waals surface area contributed by atoms with E-state index >= 15 is 0 Å². The predicted molar refractivity (Wildman–Crippen MR) is 90.3 cm³/mol. The minimum Gasteiger partial charge on any atom is -0.291 e. The van der Waals surface area contributed by atoms with E-state index in [2.05, 4.69) is 10.1 Å². The standard InChI is InChI=1S/C17H13F6N5O2/c1-3-28-14(29)12(26(2)15(28)30)7-27-8-24-13(25-27)9-4-10(16(18,19)20)6-11(5-9)17(21,22)23/h4-8H,3H2,1-2H3/b12-7-. The molecule has 0 unspecified atom stereocenters. The van der Waals surface area contributed by atoms with Crippen molar-refractivity contribution in [3.63, 3.8) is 0 Å². The Bertz CT molecular complexity index is 1010. The number of amides is 3. The molecule has 13 heteroatoms. The van der Waals surface area contributed by atoms with Gasteiger partial charge >= 0.3 is 18.4 Å². The maximum atomic E-state index is 13.0. The molecule has 7 nitrogen and oxygen atoms in total. The van der Waals surface area contributed by atoms with Gasteiger partial charge in [0.25, 0.3) is 5.91 Å². The van der Waals surface area contributed by atoms with Crippen molar-refractivity contribution in [1.82, 2.24) is 24.6 Å². The number of rotatable bonds is 3. The zero-order valence-electron chi connectivity index (χ0n) is 15.4. The number of aromatic nitrogens is 3. The summed E-state index contributed by atoms with van der Waals surface area (Å²) in [6, 6.07) is 0.412. The third kappa shape index (κ3) is 3.86. The molecule has 1 saturated heterocycles. The van der Waals surface area contributed by atoms with Gasteiger partial charge in [0.15, 0.2) is 5.82 Å². The number of carbonyl (C=O) groups is 2. The molecule has 0 aliphatic carbocycles. The van der Waals surface area contributed by atoms with Crippen molar-refractivity contribution in [3.8, 4) is 11.4 Å². The van der Waals surface area contributed by atoms with E-state index in [1.165, 1.54) is 7.05 Å². The van der Waals surface area contributed by atoms with Crippen LogP contribution in [0.5, 0.6) is 0 Å². The number of carbonyl (C=O) groups excluding carboxylic acids is 2. The van der Waals surface area contributed by atoms with Gasteiger partial charge in [-0.15, -0.1) is 5.10 Å². The topological polar surface area (TPSA) is 71.3 Å². The Labute approximate surface area is 165 Å². The van der Waals surface area contributed by atoms with Crippen LogP contribution in [0.4, 0.5) is 31.1 Å². The SMILES string of the molecule is CCN1C(=O)/C(=C/n2cnc(-c3cc(C(F)(F)F)cc(C(F)(F)F)c3)n2)N(C)C1=O. The van der Waals surface area contributed by atoms with Gasteiger partial charge in [-0.25, -0.2) is 14.5 Å². The lowest BCUT2D eigenvalue weighted by Crippen LogP contribution is -2.31. The first-order valence-corrected chi connectivity index (χ1v) is 8.35. The first-order valence-electron chi connectivity index (χ1n) is 8.35. The first-order chi connectivity index (χ1) is 13.8. The summed E-state index contributed by atoms with van der Waals surface area (Å²) in [5, 5.41) is 3.82. The number of hydrogen-bond acceptors (Lipinski definition) is 4. The molecule has 3 amide bonds. The quantitative estimate of drug-likeness (QED) is 0.421. The Hall–Kier alpha value is -3.38. The van der Waals surface area contributed by atoms with E-state index in [4.69, 9.17) is 0 Å². The van der Waals surface area contributed by atoms with Crippen molar-refractivity contribution in [2.45, 2.75) is 19.3 Å². The predicted octanol–water partition coefficient (Wildman–Crippen LogP) is 3.70. The number of halogens is 6. The third-order valence-electron chi connectivity index (χ3n) is 4.27. The minimum atomic E-state index is -5.01. The molecule has 1 aliphatic rings. The Morgan fingerprint density at radius 2 is 1.57 bits per heavy atom. The molecule has 1 aromatic carbocycles. The lowest BCUT2D eigenvalue weighted by atomic mass is 10.0. The van der Waals surface area contributed by atoms with Crippen molar-refractivity contribution in [2.24, 2.45) is 0 Å². The number of benzene rings is 1. The van der Waals surface area contributed by atoms with Gasteiger partial charge < -0.3 is 0 Å². The van der Waals surface area contributed by atoms with E-state index in [1.807, 2.05) is 0 Å². The Morgan fingerprint density at radius 3 is 2.03 bits per heavy atom. The number of likely N-dealkylation sites (N-methyl/N-ethyl adjacent to an activating group) is 2. The molecule has 1 aromatic heterocycles. The zero-order valence-corrected chi connectivity index (χ0v) is 15.4. The van der Waals surface area contributed by atoms with Crippen LogP contribution in [-0.2, 0) is 17.1 Å². The molecule has 3 rings (SSSR count). The molecule has 1 fully saturated rings. The van der Waals surface area contributed by atoms with E-state index in [-0.39, 0.29) is 18.3 Å². The summed E-state index contributed by atoms with van der Waals surface area (Å²) in [6.07, 6.45) is -7.92. The monoisotopic (exact) mass is 433 g/mol. The molecule has 0 saturated carbocycles. The van der Waals surface area contributed by atoms with Gasteiger partial charge in [0.1, 0.15) is 12.0 Å². The molecular weight excluding hydrogens is 420 g/mol. The second-order valence-electron chi connectivity index (χ2n) is 6.25. The maximum Gasteiger partial charge on any atom is 0.416 e. The van der Waals surface area contributed by atoms with Gasteiger partial charge in [-0.3, -0.25) is 14.6 Å². The lowest BCUT2D eigenvalue weighted by Gasteiger charge is -2.13. The summed E-state index contributed by atoms with van der Waals surface area (Å²) in [5.74, 6) is -1.05. The zero-order chi connectivity index (χ0) is 22.4. The highest BCUT2D eigenvalue weighted by molar-refractivity contribution is 6.13. The normalized spacial score (nSPS) is 16.9. The lowest BCUT2D eigenvalue weighted by molar-refractivity contribution is -0.143. The summed E-state index contributed by atoms with van der Waals surface area (Å²) < 4.78 is 79.0. The van der Waals surface area contributed by atoms with Gasteiger partial charge in [0.2, 0.25) is 0 Å². The molecule has 30 heavy (non-hydrogen) atoms. The van der Waals surface area contributed by atoms with Gasteiger partial charge in [0, 0.05) is 19.2 Å². The maximum absolute atomic E-state index is 13.0. The molecule has 1 aliphatic heterocycles. The first kappa shape index (κ1) is 21.3. The average Bonchev–Trinajstić information content (AvgIpc) is 3.19. The Morgan fingerprint density at radius 1 is 1.00 bits per heavy atom. The fourth-order valence-electron chi connectivity index (χ4n) is 2.75. The van der Waals surface area contributed by atoms with E-state index in [0.29, 0.717) is 12.1 Å². The van der Waals surface area contributed by atoms with E-state index in [0.717, 1.165) is 27.0 Å². The van der Waals surface area contributed by atoms with Crippen LogP contribution in [0.15, 0.2) is 30.2 Å². The summed E-state index contributed by atoms with van der Waals surface area (Å²) >= 11 is 0. The highest BCUT2D eigenvalue weighted by Gasteiger charge is 2.39. The third-order valence-corrected chi connectivity index (χ3v) is 4.27. The molecule has 0 N–H and O–H groups in total. The smallest absolute Gasteiger partial charge is 0.291 e. The van der Waals surface area contributed by atoms with Crippen LogP contribution >= 0.6 is 0 Å². The molecule has 2 heterocycles. The van der Waals surface area contributed by atoms with Crippen LogP contribution in [0.2, 0.25) is 0 Å². The van der Waals surface area contributed by atoms with Crippen LogP contribution in [-0.4, -0.2) is 50.1 Å². The number of nitrogens with zero attached hydrogens (tertiary/aromatic N) is 5. The second kappa shape index (κ2) is 7.15. The molecule has 2 aromatic rings. The number of alkyl halides is 6. The largest absolute Gasteiger partial charge is 0.416 e. The summed E-state index contributed by atoms with van der Waals surface area (Å²) in [6.45, 7) is 1.71. The molecule has 0 bridgehead atoms. The van der Waals surface area contributed by atoms with Gasteiger partial charge in [-0.05, 0) is 25.1 Å². The van der Waals surface area contributed by atoms with Gasteiger partial charge in [-0.2, -0.15) is 26.3 Å². The van der Waals surface area contributed by atoms with Crippen molar-refractivity contribution < 1.29 is 35.9 Å². The van der Waals surface area contributed by atoms with E-state index < -0.39 is 46.8 Å². The Balaban J connectivity index is 2.03. The fraction of sp³-hybridized carbons (Fsp3) is 0.294. The summed E-state index contributed by atoms with van der Waals surface area (Å²) in [7, 11) is 1.34.